The van der Waals surface area contributed by atoms with Gasteiger partial charge in [-0.3, -0.25) is 9.97 Å². The number of hydrogen-bond donors (Lipinski definition) is 0. The van der Waals surface area contributed by atoms with Gasteiger partial charge in [0.25, 0.3) is 0 Å². The van der Waals surface area contributed by atoms with E-state index >= 15 is 0 Å². The third kappa shape index (κ3) is 5.75. The second-order valence-electron chi connectivity index (χ2n) is 7.81. The van der Waals surface area contributed by atoms with E-state index in [1.54, 1.807) is 12.4 Å². The molecule has 4 rings (SSSR count). The van der Waals surface area contributed by atoms with Crippen LogP contribution in [-0.4, -0.2) is 44.8 Å². The topological polar surface area (TPSA) is 65.3 Å². The zero-order chi connectivity index (χ0) is 23.0. The average molecular weight is 444 g/mol. The highest BCUT2D eigenvalue weighted by atomic mass is 16.5. The Morgan fingerprint density at radius 1 is 0.970 bits per heavy atom. The van der Waals surface area contributed by atoms with E-state index in [4.69, 9.17) is 14.6 Å². The van der Waals surface area contributed by atoms with Crippen molar-refractivity contribution in [1.82, 2.24) is 24.6 Å². The van der Waals surface area contributed by atoms with Crippen LogP contribution in [0.5, 0.6) is 17.4 Å². The number of rotatable bonds is 10. The number of para-hydroxylation sites is 1. The Kier molecular flexibility index (Phi) is 7.32. The van der Waals surface area contributed by atoms with Crippen molar-refractivity contribution in [3.8, 4) is 23.1 Å². The highest BCUT2D eigenvalue weighted by molar-refractivity contribution is 5.44. The molecule has 0 aliphatic carbocycles. The molecule has 0 aliphatic rings. The molecular weight excluding hydrogens is 414 g/mol. The third-order valence-corrected chi connectivity index (χ3v) is 5.28. The van der Waals surface area contributed by atoms with Crippen molar-refractivity contribution in [3.05, 3.63) is 90.1 Å². The molecular formula is C26H29N5O2. The Balaban J connectivity index is 1.59. The number of ether oxygens (including phenoxy) is 2. The van der Waals surface area contributed by atoms with Crippen LogP contribution in [0.15, 0.2) is 73.2 Å². The summed E-state index contributed by atoms with van der Waals surface area (Å²) in [4.78, 5) is 10.8. The molecule has 0 amide bonds. The smallest absolute Gasteiger partial charge is 0.227 e. The van der Waals surface area contributed by atoms with Gasteiger partial charge in [0.15, 0.2) is 0 Å². The highest BCUT2D eigenvalue weighted by Gasteiger charge is 2.20. The van der Waals surface area contributed by atoms with Crippen LogP contribution < -0.4 is 9.47 Å². The van der Waals surface area contributed by atoms with Crippen molar-refractivity contribution in [2.24, 2.45) is 0 Å². The number of hydrogen-bond acceptors (Lipinski definition) is 6. The van der Waals surface area contributed by atoms with Crippen molar-refractivity contribution < 1.29 is 9.47 Å². The van der Waals surface area contributed by atoms with Crippen molar-refractivity contribution in [1.29, 1.82) is 0 Å². The van der Waals surface area contributed by atoms with Gasteiger partial charge in [0.2, 0.25) is 5.88 Å². The Hall–Kier alpha value is -3.71. The molecule has 0 bridgehead atoms. The molecule has 7 heteroatoms. The van der Waals surface area contributed by atoms with E-state index in [0.29, 0.717) is 19.0 Å². The summed E-state index contributed by atoms with van der Waals surface area (Å²) in [5, 5.41) is 4.81. The van der Waals surface area contributed by atoms with E-state index in [9.17, 15) is 0 Å². The van der Waals surface area contributed by atoms with Crippen LogP contribution in [0.3, 0.4) is 0 Å². The van der Waals surface area contributed by atoms with Gasteiger partial charge in [0, 0.05) is 38.1 Å². The summed E-state index contributed by atoms with van der Waals surface area (Å²) in [5.74, 6) is 2.27. The van der Waals surface area contributed by atoms with Gasteiger partial charge in [-0.15, -0.1) is 0 Å². The molecule has 0 atom stereocenters. The van der Waals surface area contributed by atoms with Gasteiger partial charge in [-0.1, -0.05) is 18.2 Å². The minimum Gasteiger partial charge on any atom is -0.494 e. The lowest BCUT2D eigenvalue weighted by Gasteiger charge is -2.18. The standard InChI is InChI=1S/C26H29N5O2/c1-4-32-23-10-12-24(13-11-23)33-26-25(19-30(3)17-14-21-18-27-15-16-28-21)20(2)29-31(26)22-8-6-5-7-9-22/h5-13,15-16,18H,4,14,17,19H2,1-3H3. The highest BCUT2D eigenvalue weighted by Crippen LogP contribution is 2.32. The molecule has 2 aromatic heterocycles. The van der Waals surface area contributed by atoms with Crippen LogP contribution in [-0.2, 0) is 13.0 Å². The molecule has 4 aromatic rings. The SMILES string of the molecule is CCOc1ccc(Oc2c(CN(C)CCc3cnccn3)c(C)nn2-c2ccccc2)cc1. The summed E-state index contributed by atoms with van der Waals surface area (Å²) in [6.45, 7) is 6.17. The van der Waals surface area contributed by atoms with E-state index in [0.717, 1.165) is 47.1 Å². The maximum atomic E-state index is 6.41. The Labute approximate surface area is 194 Å². The first-order valence-corrected chi connectivity index (χ1v) is 11.1. The Bertz CT molecular complexity index is 1140. The van der Waals surface area contributed by atoms with Gasteiger partial charge in [-0.25, -0.2) is 4.68 Å². The second kappa shape index (κ2) is 10.7. The maximum absolute atomic E-state index is 6.41. The maximum Gasteiger partial charge on any atom is 0.227 e. The van der Waals surface area contributed by atoms with Crippen molar-refractivity contribution in [2.75, 3.05) is 20.2 Å². The Morgan fingerprint density at radius 2 is 1.73 bits per heavy atom. The summed E-state index contributed by atoms with van der Waals surface area (Å²) in [6, 6.07) is 17.7. The summed E-state index contributed by atoms with van der Waals surface area (Å²) in [6.07, 6.45) is 6.06. The van der Waals surface area contributed by atoms with Crippen LogP contribution in [0.1, 0.15) is 23.9 Å². The van der Waals surface area contributed by atoms with Gasteiger partial charge in [0.1, 0.15) is 11.5 Å². The van der Waals surface area contributed by atoms with E-state index in [2.05, 4.69) is 21.9 Å². The predicted molar refractivity (Wildman–Crippen MR) is 128 cm³/mol. The molecule has 2 aromatic carbocycles. The number of aromatic nitrogens is 4. The zero-order valence-corrected chi connectivity index (χ0v) is 19.3. The van der Waals surface area contributed by atoms with Gasteiger partial charge < -0.3 is 14.4 Å². The minimum atomic E-state index is 0.630. The van der Waals surface area contributed by atoms with E-state index < -0.39 is 0 Å². The van der Waals surface area contributed by atoms with Crippen LogP contribution in [0.25, 0.3) is 5.69 Å². The molecule has 0 saturated heterocycles. The van der Waals surface area contributed by atoms with Crippen LogP contribution in [0.4, 0.5) is 0 Å². The monoisotopic (exact) mass is 443 g/mol. The fourth-order valence-corrected chi connectivity index (χ4v) is 3.57. The molecule has 0 saturated carbocycles. The van der Waals surface area contributed by atoms with E-state index in [1.165, 1.54) is 0 Å². The fourth-order valence-electron chi connectivity index (χ4n) is 3.57. The predicted octanol–water partition coefficient (Wildman–Crippen LogP) is 4.84. The van der Waals surface area contributed by atoms with Crippen molar-refractivity contribution in [2.45, 2.75) is 26.8 Å². The summed E-state index contributed by atoms with van der Waals surface area (Å²) < 4.78 is 13.8. The van der Waals surface area contributed by atoms with E-state index in [-0.39, 0.29) is 0 Å². The van der Waals surface area contributed by atoms with Gasteiger partial charge >= 0.3 is 0 Å². The fraction of sp³-hybridized carbons (Fsp3) is 0.269. The number of likely N-dealkylation sites (N-methyl/N-ethyl adjacent to an activating group) is 1. The molecule has 0 fully saturated rings. The van der Waals surface area contributed by atoms with Crippen LogP contribution >= 0.6 is 0 Å². The molecule has 170 valence electrons. The number of nitrogens with zero attached hydrogens (tertiary/aromatic N) is 5. The first-order chi connectivity index (χ1) is 16.1. The second-order valence-corrected chi connectivity index (χ2v) is 7.81. The zero-order valence-electron chi connectivity index (χ0n) is 19.3. The number of aryl methyl sites for hydroxylation is 1. The lowest BCUT2D eigenvalue weighted by atomic mass is 10.2. The van der Waals surface area contributed by atoms with Crippen molar-refractivity contribution >= 4 is 0 Å². The van der Waals surface area contributed by atoms with Gasteiger partial charge in [-0.05, 0) is 57.3 Å². The number of benzene rings is 2. The molecule has 0 radical (unpaired) electrons. The molecule has 0 unspecified atom stereocenters. The summed E-state index contributed by atoms with van der Waals surface area (Å²) in [7, 11) is 2.09. The first kappa shape index (κ1) is 22.5. The van der Waals surface area contributed by atoms with Crippen LogP contribution in [0, 0.1) is 6.92 Å². The molecule has 33 heavy (non-hydrogen) atoms. The average Bonchev–Trinajstić information content (AvgIpc) is 3.15. The van der Waals surface area contributed by atoms with E-state index in [1.807, 2.05) is 79.3 Å². The van der Waals surface area contributed by atoms with Crippen molar-refractivity contribution in [3.63, 3.8) is 0 Å². The molecule has 0 spiro atoms. The normalized spacial score (nSPS) is 11.0. The van der Waals surface area contributed by atoms with Gasteiger partial charge in [-0.2, -0.15) is 5.10 Å². The molecule has 0 aliphatic heterocycles. The van der Waals surface area contributed by atoms with Gasteiger partial charge in [0.05, 0.1) is 29.2 Å². The summed E-state index contributed by atoms with van der Waals surface area (Å²) in [5.41, 5.74) is 3.92. The minimum absolute atomic E-state index is 0.630. The molecule has 2 heterocycles. The molecule has 7 nitrogen and oxygen atoms in total. The third-order valence-electron chi connectivity index (χ3n) is 5.28. The largest absolute Gasteiger partial charge is 0.494 e. The lowest BCUT2D eigenvalue weighted by Crippen LogP contribution is -2.21. The van der Waals surface area contributed by atoms with Crippen LogP contribution in [0.2, 0.25) is 0 Å². The lowest BCUT2D eigenvalue weighted by molar-refractivity contribution is 0.322. The molecule has 0 N–H and O–H groups in total. The quantitative estimate of drug-likeness (QED) is 0.350. The first-order valence-electron chi connectivity index (χ1n) is 11.1. The summed E-state index contributed by atoms with van der Waals surface area (Å²) >= 11 is 0. The Morgan fingerprint density at radius 3 is 2.42 bits per heavy atom.